The van der Waals surface area contributed by atoms with Crippen LogP contribution in [-0.4, -0.2) is 58.9 Å². The van der Waals surface area contributed by atoms with E-state index in [9.17, 15) is 24.2 Å². The number of aromatic hydroxyl groups is 1. The van der Waals surface area contributed by atoms with Crippen LogP contribution in [0.15, 0.2) is 42.0 Å². The first-order valence-electron chi connectivity index (χ1n) is 9.30. The number of phenols is 1. The van der Waals surface area contributed by atoms with E-state index in [1.807, 2.05) is 19.0 Å². The standard InChI is InChI=1S/C22H22ClFN2O4/c1-12-10-14(4-6-16(12)24)20(28)18-19(13-5-7-17(27)15(23)11-13)26(9-8-25(2)3)22(30)21(18)29/h4-7,10-11,19,27-28H,8-9H2,1-3H3/b20-18-. The molecule has 8 heteroatoms. The minimum Gasteiger partial charge on any atom is -0.507 e. The SMILES string of the molecule is Cc1cc(/C(O)=C2/C(=O)C(=O)N(CCN(C)C)C2c2ccc(O)c(Cl)c2)ccc1F. The lowest BCUT2D eigenvalue weighted by molar-refractivity contribution is -0.140. The summed E-state index contributed by atoms with van der Waals surface area (Å²) in [4.78, 5) is 28.9. The molecule has 1 heterocycles. The van der Waals surface area contributed by atoms with Crippen LogP contribution in [0.3, 0.4) is 0 Å². The zero-order chi connectivity index (χ0) is 22.2. The van der Waals surface area contributed by atoms with E-state index in [2.05, 4.69) is 0 Å². The summed E-state index contributed by atoms with van der Waals surface area (Å²) in [5.74, 6) is -2.55. The van der Waals surface area contributed by atoms with E-state index in [4.69, 9.17) is 11.6 Å². The maximum absolute atomic E-state index is 13.7. The lowest BCUT2D eigenvalue weighted by Gasteiger charge is -2.26. The number of Topliss-reactive ketones (excluding diaryl/α,β-unsaturated/α-hetero) is 1. The van der Waals surface area contributed by atoms with Gasteiger partial charge in [-0.15, -0.1) is 0 Å². The van der Waals surface area contributed by atoms with Gasteiger partial charge in [-0.25, -0.2) is 4.39 Å². The molecule has 30 heavy (non-hydrogen) atoms. The molecule has 1 aliphatic heterocycles. The van der Waals surface area contributed by atoms with Crippen LogP contribution in [-0.2, 0) is 9.59 Å². The lowest BCUT2D eigenvalue weighted by Crippen LogP contribution is -2.35. The van der Waals surface area contributed by atoms with Crippen molar-refractivity contribution in [2.45, 2.75) is 13.0 Å². The van der Waals surface area contributed by atoms with Crippen LogP contribution in [0.2, 0.25) is 5.02 Å². The van der Waals surface area contributed by atoms with Crippen LogP contribution in [0.4, 0.5) is 4.39 Å². The van der Waals surface area contributed by atoms with E-state index < -0.39 is 29.3 Å². The van der Waals surface area contributed by atoms with Gasteiger partial charge >= 0.3 is 0 Å². The van der Waals surface area contributed by atoms with Gasteiger partial charge in [-0.05, 0) is 62.5 Å². The molecule has 2 aromatic rings. The van der Waals surface area contributed by atoms with Crippen molar-refractivity contribution >= 4 is 29.1 Å². The number of benzene rings is 2. The van der Waals surface area contributed by atoms with Crippen LogP contribution >= 0.6 is 11.6 Å². The van der Waals surface area contributed by atoms with Crippen LogP contribution < -0.4 is 0 Å². The van der Waals surface area contributed by atoms with Gasteiger partial charge in [-0.3, -0.25) is 9.59 Å². The van der Waals surface area contributed by atoms with Crippen molar-refractivity contribution in [1.29, 1.82) is 0 Å². The van der Waals surface area contributed by atoms with Gasteiger partial charge in [-0.1, -0.05) is 17.7 Å². The first-order valence-corrected chi connectivity index (χ1v) is 9.67. The third kappa shape index (κ3) is 4.04. The van der Waals surface area contributed by atoms with Crippen LogP contribution in [0.1, 0.15) is 22.7 Å². The van der Waals surface area contributed by atoms with Crippen LogP contribution in [0.25, 0.3) is 5.76 Å². The Morgan fingerprint density at radius 1 is 1.20 bits per heavy atom. The number of hydrogen-bond donors (Lipinski definition) is 2. The third-order valence-corrected chi connectivity index (χ3v) is 5.35. The van der Waals surface area contributed by atoms with Crippen molar-refractivity contribution in [2.75, 3.05) is 27.2 Å². The molecule has 2 aromatic carbocycles. The second-order valence-electron chi connectivity index (χ2n) is 7.47. The second kappa shape index (κ2) is 8.45. The Balaban J connectivity index is 2.19. The largest absolute Gasteiger partial charge is 0.507 e. The Bertz CT molecular complexity index is 1050. The molecule has 0 aromatic heterocycles. The molecule has 1 saturated heterocycles. The number of aliphatic hydroxyl groups excluding tert-OH is 1. The molecule has 0 aliphatic carbocycles. The zero-order valence-electron chi connectivity index (χ0n) is 16.8. The Labute approximate surface area is 178 Å². The number of likely N-dealkylation sites (tertiary alicyclic amines) is 1. The van der Waals surface area contributed by atoms with Gasteiger partial charge in [0.05, 0.1) is 16.6 Å². The molecule has 1 atom stereocenters. The van der Waals surface area contributed by atoms with Gasteiger partial charge in [0.1, 0.15) is 17.3 Å². The monoisotopic (exact) mass is 432 g/mol. The van der Waals surface area contributed by atoms with Crippen molar-refractivity contribution in [3.63, 3.8) is 0 Å². The van der Waals surface area contributed by atoms with Crippen molar-refractivity contribution in [3.8, 4) is 5.75 Å². The Morgan fingerprint density at radius 2 is 1.90 bits per heavy atom. The van der Waals surface area contributed by atoms with Gasteiger partial charge in [0, 0.05) is 18.7 Å². The highest BCUT2D eigenvalue weighted by Gasteiger charge is 2.46. The molecular weight excluding hydrogens is 411 g/mol. The maximum atomic E-state index is 13.7. The minimum atomic E-state index is -0.895. The fraction of sp³-hybridized carbons (Fsp3) is 0.273. The summed E-state index contributed by atoms with van der Waals surface area (Å²) >= 11 is 6.06. The average molecular weight is 433 g/mol. The summed E-state index contributed by atoms with van der Waals surface area (Å²) in [5, 5.41) is 20.8. The van der Waals surface area contributed by atoms with Gasteiger partial charge in [0.2, 0.25) is 0 Å². The van der Waals surface area contributed by atoms with Gasteiger partial charge in [-0.2, -0.15) is 0 Å². The van der Waals surface area contributed by atoms with Crippen molar-refractivity contribution < 1.29 is 24.2 Å². The van der Waals surface area contributed by atoms with Crippen LogP contribution in [0.5, 0.6) is 5.75 Å². The maximum Gasteiger partial charge on any atom is 0.295 e. The molecule has 1 amide bonds. The first-order chi connectivity index (χ1) is 14.1. The number of likely N-dealkylation sites (N-methyl/N-ethyl adjacent to an activating group) is 1. The summed E-state index contributed by atoms with van der Waals surface area (Å²) < 4.78 is 13.7. The highest BCUT2D eigenvalue weighted by molar-refractivity contribution is 6.46. The number of carbonyl (C=O) groups excluding carboxylic acids is 2. The molecular formula is C22H22ClFN2O4. The number of ketones is 1. The molecule has 0 radical (unpaired) electrons. The summed E-state index contributed by atoms with van der Waals surface area (Å²) in [5.41, 5.74) is 0.891. The van der Waals surface area contributed by atoms with E-state index in [1.54, 1.807) is 13.0 Å². The first kappa shape index (κ1) is 21.8. The fourth-order valence-corrected chi connectivity index (χ4v) is 3.59. The lowest BCUT2D eigenvalue weighted by atomic mass is 9.94. The molecule has 6 nitrogen and oxygen atoms in total. The number of aliphatic hydroxyl groups is 1. The predicted octanol–water partition coefficient (Wildman–Crippen LogP) is 3.48. The molecule has 0 spiro atoms. The molecule has 1 aliphatic rings. The number of halogens is 2. The summed E-state index contributed by atoms with van der Waals surface area (Å²) in [6.45, 7) is 2.27. The summed E-state index contributed by atoms with van der Waals surface area (Å²) in [7, 11) is 3.68. The number of carbonyl (C=O) groups is 2. The Hall–Kier alpha value is -2.90. The van der Waals surface area contributed by atoms with Gasteiger partial charge < -0.3 is 20.0 Å². The number of hydrogen-bond acceptors (Lipinski definition) is 5. The quantitative estimate of drug-likeness (QED) is 0.429. The number of amides is 1. The topological polar surface area (TPSA) is 81.1 Å². The summed E-state index contributed by atoms with van der Waals surface area (Å²) in [6, 6.07) is 7.44. The van der Waals surface area contributed by atoms with Gasteiger partial charge in [0.25, 0.3) is 11.7 Å². The molecule has 0 bridgehead atoms. The van der Waals surface area contributed by atoms with Crippen molar-refractivity contribution in [3.05, 3.63) is 69.5 Å². The van der Waals surface area contributed by atoms with Crippen molar-refractivity contribution in [1.82, 2.24) is 9.80 Å². The minimum absolute atomic E-state index is 0.0586. The van der Waals surface area contributed by atoms with E-state index >= 15 is 0 Å². The molecule has 0 saturated carbocycles. The smallest absolute Gasteiger partial charge is 0.295 e. The van der Waals surface area contributed by atoms with E-state index in [0.29, 0.717) is 17.7 Å². The second-order valence-corrected chi connectivity index (χ2v) is 7.88. The zero-order valence-corrected chi connectivity index (χ0v) is 17.6. The fourth-order valence-electron chi connectivity index (χ4n) is 3.41. The molecule has 3 rings (SSSR count). The number of aryl methyl sites for hydroxylation is 1. The van der Waals surface area contributed by atoms with E-state index in [1.165, 1.54) is 35.2 Å². The van der Waals surface area contributed by atoms with E-state index in [-0.39, 0.29) is 28.5 Å². The normalized spacial score (nSPS) is 18.5. The third-order valence-electron chi connectivity index (χ3n) is 5.05. The molecule has 158 valence electrons. The van der Waals surface area contributed by atoms with E-state index in [0.717, 1.165) is 0 Å². The van der Waals surface area contributed by atoms with Crippen LogP contribution in [0, 0.1) is 12.7 Å². The average Bonchev–Trinajstić information content (AvgIpc) is 2.94. The number of rotatable bonds is 5. The molecule has 2 N–H and O–H groups in total. The van der Waals surface area contributed by atoms with Gasteiger partial charge in [0.15, 0.2) is 0 Å². The number of phenolic OH excluding ortho intramolecular Hbond substituents is 1. The summed E-state index contributed by atoms with van der Waals surface area (Å²) in [6.07, 6.45) is 0. The Kier molecular flexibility index (Phi) is 6.14. The predicted molar refractivity (Wildman–Crippen MR) is 112 cm³/mol. The molecule has 1 fully saturated rings. The molecule has 1 unspecified atom stereocenters. The highest BCUT2D eigenvalue weighted by atomic mass is 35.5. The number of nitrogens with zero attached hydrogens (tertiary/aromatic N) is 2. The highest BCUT2D eigenvalue weighted by Crippen LogP contribution is 2.41. The Morgan fingerprint density at radius 3 is 2.50 bits per heavy atom. The van der Waals surface area contributed by atoms with Crippen molar-refractivity contribution in [2.24, 2.45) is 0 Å².